The van der Waals surface area contributed by atoms with Crippen molar-refractivity contribution in [3.05, 3.63) is 35.4 Å². The fraction of sp³-hybridized carbons (Fsp3) is 0.308. The second-order valence-electron chi connectivity index (χ2n) is 4.41. The van der Waals surface area contributed by atoms with Crippen LogP contribution in [0, 0.1) is 0 Å². The molecule has 0 atom stereocenters. The Morgan fingerprint density at radius 2 is 1.47 bits per heavy atom. The second-order valence-corrected chi connectivity index (χ2v) is 4.41. The number of aliphatic hydroxyl groups is 1. The van der Waals surface area contributed by atoms with Gasteiger partial charge in [0.05, 0.1) is 0 Å². The topological polar surface area (TPSA) is 95.5 Å². The summed E-state index contributed by atoms with van der Waals surface area (Å²) < 4.78 is 0. The number of carbonyl (C=O) groups excluding carboxylic acids is 3. The van der Waals surface area contributed by atoms with Crippen molar-refractivity contribution < 1.29 is 19.5 Å². The van der Waals surface area contributed by atoms with Gasteiger partial charge >= 0.3 is 0 Å². The zero-order valence-electron chi connectivity index (χ0n) is 10.2. The highest BCUT2D eigenvalue weighted by atomic mass is 16.3. The minimum absolute atomic E-state index is 0.0961. The van der Waals surface area contributed by atoms with Gasteiger partial charge in [0.1, 0.15) is 5.76 Å². The zero-order valence-corrected chi connectivity index (χ0v) is 10.2. The predicted octanol–water partition coefficient (Wildman–Crippen LogP) is 0.585. The molecule has 2 rings (SSSR count). The van der Waals surface area contributed by atoms with Crippen LogP contribution in [0.25, 0.3) is 0 Å². The lowest BCUT2D eigenvalue weighted by atomic mass is 10.2. The summed E-state index contributed by atoms with van der Waals surface area (Å²) in [5.41, 5.74) is 1.15. The van der Waals surface area contributed by atoms with Crippen molar-refractivity contribution in [2.45, 2.75) is 25.7 Å². The minimum atomic E-state index is -0.407. The summed E-state index contributed by atoms with van der Waals surface area (Å²) in [7, 11) is 0. The average molecular weight is 262 g/mol. The molecular formula is C13H14N2O4. The largest absolute Gasteiger partial charge is 0.508 e. The van der Waals surface area contributed by atoms with Gasteiger partial charge < -0.3 is 15.7 Å². The number of carbonyl (C=O) groups is 3. The lowest BCUT2D eigenvalue weighted by Gasteiger charge is -1.97. The van der Waals surface area contributed by atoms with Crippen LogP contribution in [0.1, 0.15) is 25.7 Å². The first-order valence-electron chi connectivity index (χ1n) is 5.98. The summed E-state index contributed by atoms with van der Waals surface area (Å²) in [4.78, 5) is 33.5. The number of hydrogen-bond acceptors (Lipinski definition) is 4. The summed E-state index contributed by atoms with van der Waals surface area (Å²) in [6, 6.07) is 0. The molecule has 0 saturated carbocycles. The van der Waals surface area contributed by atoms with E-state index in [1.807, 2.05) is 0 Å². The van der Waals surface area contributed by atoms with Gasteiger partial charge in [0.2, 0.25) is 11.8 Å². The molecule has 0 unspecified atom stereocenters. The number of amides is 2. The summed E-state index contributed by atoms with van der Waals surface area (Å²) in [6.45, 7) is 0. The highest BCUT2D eigenvalue weighted by Crippen LogP contribution is 2.13. The van der Waals surface area contributed by atoms with E-state index in [2.05, 4.69) is 10.6 Å². The van der Waals surface area contributed by atoms with Gasteiger partial charge in [0.25, 0.3) is 0 Å². The van der Waals surface area contributed by atoms with Gasteiger partial charge in [-0.25, -0.2) is 0 Å². The van der Waals surface area contributed by atoms with Crippen molar-refractivity contribution in [3.63, 3.8) is 0 Å². The molecule has 2 aliphatic heterocycles. The highest BCUT2D eigenvalue weighted by Gasteiger charge is 2.15. The van der Waals surface area contributed by atoms with Gasteiger partial charge in [0, 0.05) is 36.4 Å². The molecule has 0 aliphatic carbocycles. The molecule has 0 bridgehead atoms. The van der Waals surface area contributed by atoms with Gasteiger partial charge in [-0.3, -0.25) is 14.4 Å². The molecule has 2 saturated heterocycles. The van der Waals surface area contributed by atoms with Crippen LogP contribution in [0.3, 0.4) is 0 Å². The molecule has 2 amide bonds. The Morgan fingerprint density at radius 1 is 0.947 bits per heavy atom. The van der Waals surface area contributed by atoms with Crippen LogP contribution in [0.15, 0.2) is 35.4 Å². The quantitative estimate of drug-likeness (QED) is 0.512. The van der Waals surface area contributed by atoms with E-state index < -0.39 is 5.78 Å². The molecule has 6 nitrogen and oxygen atoms in total. The van der Waals surface area contributed by atoms with Crippen molar-refractivity contribution in [1.29, 1.82) is 0 Å². The fourth-order valence-electron chi connectivity index (χ4n) is 1.90. The normalized spacial score (nSPS) is 23.9. The van der Waals surface area contributed by atoms with Crippen LogP contribution >= 0.6 is 0 Å². The molecule has 2 heterocycles. The first-order chi connectivity index (χ1) is 9.02. The molecule has 0 aromatic heterocycles. The molecule has 19 heavy (non-hydrogen) atoms. The monoisotopic (exact) mass is 262 g/mol. The Bertz CT molecular complexity index is 529. The molecule has 0 radical (unpaired) electrons. The van der Waals surface area contributed by atoms with E-state index in [9.17, 15) is 19.5 Å². The van der Waals surface area contributed by atoms with Crippen molar-refractivity contribution in [3.8, 4) is 0 Å². The Hall–Kier alpha value is -2.37. The molecule has 0 aromatic carbocycles. The third-order valence-electron chi connectivity index (χ3n) is 2.77. The second kappa shape index (κ2) is 5.51. The number of allylic oxidation sites excluding steroid dienone is 5. The zero-order chi connectivity index (χ0) is 13.8. The molecule has 100 valence electrons. The molecule has 0 spiro atoms. The fourth-order valence-corrected chi connectivity index (χ4v) is 1.90. The van der Waals surface area contributed by atoms with Crippen LogP contribution in [0.4, 0.5) is 0 Å². The Kier molecular flexibility index (Phi) is 3.79. The van der Waals surface area contributed by atoms with Gasteiger partial charge in [-0.2, -0.15) is 0 Å². The number of hydrogen-bond donors (Lipinski definition) is 3. The van der Waals surface area contributed by atoms with E-state index in [0.29, 0.717) is 37.1 Å². The lowest BCUT2D eigenvalue weighted by molar-refractivity contribution is -0.119. The van der Waals surface area contributed by atoms with E-state index in [1.165, 1.54) is 12.2 Å². The maximum atomic E-state index is 11.6. The van der Waals surface area contributed by atoms with Crippen LogP contribution in [-0.2, 0) is 14.4 Å². The van der Waals surface area contributed by atoms with E-state index >= 15 is 0 Å². The third-order valence-corrected chi connectivity index (χ3v) is 2.77. The molecule has 6 heteroatoms. The SMILES string of the molecule is O=C(C=C(O)C=C1CCC(=O)N1)C=C1CCC(=O)N1. The Balaban J connectivity index is 1.98. The molecule has 3 N–H and O–H groups in total. The maximum absolute atomic E-state index is 11.6. The highest BCUT2D eigenvalue weighted by molar-refractivity contribution is 6.01. The van der Waals surface area contributed by atoms with E-state index in [0.717, 1.165) is 6.08 Å². The summed E-state index contributed by atoms with van der Waals surface area (Å²) >= 11 is 0. The summed E-state index contributed by atoms with van der Waals surface area (Å²) in [5.74, 6) is -0.830. The molecule has 2 fully saturated rings. The number of ketones is 1. The van der Waals surface area contributed by atoms with Crippen LogP contribution in [0.2, 0.25) is 0 Å². The summed E-state index contributed by atoms with van der Waals surface area (Å²) in [5, 5.41) is 14.7. The van der Waals surface area contributed by atoms with Crippen LogP contribution < -0.4 is 10.6 Å². The average Bonchev–Trinajstić information content (AvgIpc) is 2.87. The van der Waals surface area contributed by atoms with Gasteiger partial charge in [-0.15, -0.1) is 0 Å². The van der Waals surface area contributed by atoms with Crippen LogP contribution in [-0.4, -0.2) is 22.7 Å². The van der Waals surface area contributed by atoms with Crippen molar-refractivity contribution >= 4 is 17.6 Å². The third kappa shape index (κ3) is 3.80. The van der Waals surface area contributed by atoms with Crippen molar-refractivity contribution in [2.24, 2.45) is 0 Å². The number of nitrogens with one attached hydrogen (secondary N) is 2. The van der Waals surface area contributed by atoms with E-state index in [4.69, 9.17) is 0 Å². The predicted molar refractivity (Wildman–Crippen MR) is 66.6 cm³/mol. The molecule has 0 aromatic rings. The maximum Gasteiger partial charge on any atom is 0.224 e. The molecular weight excluding hydrogens is 248 g/mol. The first-order valence-corrected chi connectivity index (χ1v) is 5.98. The van der Waals surface area contributed by atoms with Crippen molar-refractivity contribution in [1.82, 2.24) is 10.6 Å². The van der Waals surface area contributed by atoms with E-state index in [-0.39, 0.29) is 17.6 Å². The smallest absolute Gasteiger partial charge is 0.224 e. The number of rotatable bonds is 3. The van der Waals surface area contributed by atoms with Gasteiger partial charge in [0.15, 0.2) is 5.78 Å². The standard InChI is InChI=1S/C13H14N2O4/c16-10(5-8-1-3-12(18)14-8)7-11(17)6-9-2-4-13(19)15-9/h5-7,16H,1-4H2,(H,14,18)(H,15,19). The first kappa shape index (κ1) is 13.1. The van der Waals surface area contributed by atoms with Gasteiger partial charge in [-0.1, -0.05) is 0 Å². The van der Waals surface area contributed by atoms with Crippen LogP contribution in [0.5, 0.6) is 0 Å². The Morgan fingerprint density at radius 3 is 1.95 bits per heavy atom. The summed E-state index contributed by atoms with van der Waals surface area (Å²) in [6.07, 6.45) is 5.50. The lowest BCUT2D eigenvalue weighted by Crippen LogP contribution is -2.13. The Labute approximate surface area is 109 Å². The number of aliphatic hydroxyl groups excluding tert-OH is 1. The minimum Gasteiger partial charge on any atom is -0.508 e. The van der Waals surface area contributed by atoms with Gasteiger partial charge in [-0.05, 0) is 18.9 Å². The van der Waals surface area contributed by atoms with Crippen molar-refractivity contribution in [2.75, 3.05) is 0 Å². The molecule has 2 aliphatic rings. The van der Waals surface area contributed by atoms with E-state index in [1.54, 1.807) is 0 Å².